The first kappa shape index (κ1) is 20.9. The van der Waals surface area contributed by atoms with Gasteiger partial charge >= 0.3 is 11.9 Å². The van der Waals surface area contributed by atoms with E-state index in [-0.39, 0.29) is 16.9 Å². The van der Waals surface area contributed by atoms with E-state index in [0.717, 1.165) is 6.07 Å². The molecule has 0 amide bonds. The van der Waals surface area contributed by atoms with Crippen molar-refractivity contribution in [2.24, 2.45) is 0 Å². The number of hydrogen-bond acceptors (Lipinski definition) is 7. The normalized spacial score (nSPS) is 13.4. The van der Waals surface area contributed by atoms with Crippen molar-refractivity contribution in [2.45, 2.75) is 19.4 Å². The standard InChI is InChI=1S/C18H22N2O6/c1-6-7-8-11-18(2,17(22)26-5)19(3)14-10-9-13(16(21)25-4)12-15(14)20(23)24/h6-12H,1-5H3/b7-6-,11-8-. The van der Waals surface area contributed by atoms with Crippen LogP contribution in [0.5, 0.6) is 0 Å². The lowest BCUT2D eigenvalue weighted by Gasteiger charge is -2.35. The summed E-state index contributed by atoms with van der Waals surface area (Å²) in [5.41, 5.74) is -1.43. The number of nitrogens with zero attached hydrogens (tertiary/aromatic N) is 2. The summed E-state index contributed by atoms with van der Waals surface area (Å²) in [7, 11) is 3.97. The van der Waals surface area contributed by atoms with E-state index in [2.05, 4.69) is 4.74 Å². The summed E-state index contributed by atoms with van der Waals surface area (Å²) in [6, 6.07) is 3.91. The molecule has 26 heavy (non-hydrogen) atoms. The van der Waals surface area contributed by atoms with Crippen molar-refractivity contribution in [3.63, 3.8) is 0 Å². The Balaban J connectivity index is 3.51. The van der Waals surface area contributed by atoms with Crippen LogP contribution in [0.3, 0.4) is 0 Å². The Morgan fingerprint density at radius 2 is 1.88 bits per heavy atom. The van der Waals surface area contributed by atoms with Crippen LogP contribution in [-0.2, 0) is 14.3 Å². The van der Waals surface area contributed by atoms with Gasteiger partial charge in [0.05, 0.1) is 24.7 Å². The number of allylic oxidation sites excluding steroid dienone is 3. The molecule has 0 fully saturated rings. The predicted octanol–water partition coefficient (Wildman–Crippen LogP) is 2.88. The van der Waals surface area contributed by atoms with E-state index in [9.17, 15) is 19.7 Å². The smallest absolute Gasteiger partial charge is 0.338 e. The van der Waals surface area contributed by atoms with Crippen LogP contribution in [0.25, 0.3) is 0 Å². The molecule has 0 spiro atoms. The fraction of sp³-hybridized carbons (Fsp3) is 0.333. The van der Waals surface area contributed by atoms with Gasteiger partial charge in [-0.25, -0.2) is 9.59 Å². The second-order valence-electron chi connectivity index (χ2n) is 5.54. The molecule has 8 heteroatoms. The van der Waals surface area contributed by atoms with Gasteiger partial charge in [0.2, 0.25) is 0 Å². The quantitative estimate of drug-likeness (QED) is 0.318. The topological polar surface area (TPSA) is 99.0 Å². The summed E-state index contributed by atoms with van der Waals surface area (Å²) in [4.78, 5) is 36.3. The van der Waals surface area contributed by atoms with Crippen LogP contribution >= 0.6 is 0 Å². The van der Waals surface area contributed by atoms with E-state index in [4.69, 9.17) is 4.74 Å². The van der Waals surface area contributed by atoms with Crippen LogP contribution in [0, 0.1) is 10.1 Å². The number of anilines is 1. The van der Waals surface area contributed by atoms with Gasteiger partial charge in [-0.2, -0.15) is 0 Å². The third kappa shape index (κ3) is 4.27. The minimum Gasteiger partial charge on any atom is -0.467 e. The Bertz CT molecular complexity index is 756. The summed E-state index contributed by atoms with van der Waals surface area (Å²) in [6.07, 6.45) is 6.74. The highest BCUT2D eigenvalue weighted by Gasteiger charge is 2.39. The van der Waals surface area contributed by atoms with Crippen molar-refractivity contribution >= 4 is 23.3 Å². The molecule has 1 atom stereocenters. The van der Waals surface area contributed by atoms with Crippen LogP contribution < -0.4 is 4.90 Å². The molecule has 0 aliphatic rings. The third-order valence-corrected chi connectivity index (χ3v) is 3.97. The lowest BCUT2D eigenvalue weighted by atomic mass is 9.98. The maximum atomic E-state index is 12.4. The first-order valence-electron chi connectivity index (χ1n) is 7.72. The minimum absolute atomic E-state index is 0.0422. The van der Waals surface area contributed by atoms with Gasteiger partial charge in [0, 0.05) is 13.1 Å². The van der Waals surface area contributed by atoms with Crippen molar-refractivity contribution in [3.8, 4) is 0 Å². The first-order valence-corrected chi connectivity index (χ1v) is 7.72. The van der Waals surface area contributed by atoms with Gasteiger partial charge in [-0.1, -0.05) is 18.2 Å². The molecule has 0 radical (unpaired) electrons. The zero-order valence-electron chi connectivity index (χ0n) is 15.4. The number of esters is 2. The maximum absolute atomic E-state index is 12.4. The number of nitro groups is 1. The van der Waals surface area contributed by atoms with Crippen molar-refractivity contribution < 1.29 is 24.0 Å². The molecule has 0 aliphatic heterocycles. The van der Waals surface area contributed by atoms with E-state index in [0.29, 0.717) is 0 Å². The van der Waals surface area contributed by atoms with E-state index in [1.807, 2.05) is 6.92 Å². The largest absolute Gasteiger partial charge is 0.467 e. The number of hydrogen-bond donors (Lipinski definition) is 0. The molecule has 1 aromatic carbocycles. The van der Waals surface area contributed by atoms with Gasteiger partial charge in [0.15, 0.2) is 5.54 Å². The van der Waals surface area contributed by atoms with E-state index in [1.165, 1.54) is 38.3 Å². The number of rotatable bonds is 7. The van der Waals surface area contributed by atoms with Gasteiger partial charge in [0.25, 0.3) is 5.69 Å². The van der Waals surface area contributed by atoms with Crippen molar-refractivity contribution in [1.82, 2.24) is 0 Å². The molecule has 8 nitrogen and oxygen atoms in total. The molecule has 1 unspecified atom stereocenters. The highest BCUT2D eigenvalue weighted by atomic mass is 16.6. The molecule has 0 aromatic heterocycles. The number of benzene rings is 1. The Morgan fingerprint density at radius 1 is 1.23 bits per heavy atom. The Morgan fingerprint density at radius 3 is 2.38 bits per heavy atom. The molecule has 0 heterocycles. The van der Waals surface area contributed by atoms with Crippen LogP contribution in [-0.4, -0.2) is 43.7 Å². The highest BCUT2D eigenvalue weighted by molar-refractivity contribution is 5.93. The van der Waals surface area contributed by atoms with Gasteiger partial charge < -0.3 is 14.4 Å². The molecule has 0 saturated heterocycles. The molecule has 0 N–H and O–H groups in total. The van der Waals surface area contributed by atoms with Crippen molar-refractivity contribution in [3.05, 3.63) is 58.2 Å². The summed E-state index contributed by atoms with van der Waals surface area (Å²) in [5.74, 6) is -1.28. The van der Waals surface area contributed by atoms with Gasteiger partial charge in [-0.05, 0) is 32.1 Å². The van der Waals surface area contributed by atoms with Gasteiger partial charge in [-0.3, -0.25) is 10.1 Å². The second-order valence-corrected chi connectivity index (χ2v) is 5.54. The number of likely N-dealkylation sites (N-methyl/N-ethyl adjacent to an activating group) is 1. The SMILES string of the molecule is C/C=C\C=C/C(C)(C(=O)OC)N(C)c1ccc(C(=O)OC)cc1[N+](=O)[O-]. The fourth-order valence-electron chi connectivity index (χ4n) is 2.33. The Labute approximate surface area is 151 Å². The highest BCUT2D eigenvalue weighted by Crippen LogP contribution is 2.34. The fourth-order valence-corrected chi connectivity index (χ4v) is 2.33. The first-order chi connectivity index (χ1) is 12.2. The molecule has 0 aliphatic carbocycles. The van der Waals surface area contributed by atoms with E-state index in [1.54, 1.807) is 31.2 Å². The average Bonchev–Trinajstić information content (AvgIpc) is 2.65. The molecule has 0 bridgehead atoms. The average molecular weight is 362 g/mol. The number of nitro benzene ring substituents is 1. The Hall–Kier alpha value is -3.16. The Kier molecular flexibility index (Phi) is 7.06. The summed E-state index contributed by atoms with van der Waals surface area (Å²) in [5, 5.41) is 11.5. The lowest BCUT2D eigenvalue weighted by Crippen LogP contribution is -2.50. The van der Waals surface area contributed by atoms with Crippen molar-refractivity contribution in [1.29, 1.82) is 0 Å². The number of methoxy groups -OCH3 is 2. The van der Waals surface area contributed by atoms with Crippen LogP contribution in [0.1, 0.15) is 24.2 Å². The summed E-state index contributed by atoms with van der Waals surface area (Å²) < 4.78 is 9.46. The molecule has 0 saturated carbocycles. The summed E-state index contributed by atoms with van der Waals surface area (Å²) in [6.45, 7) is 3.40. The van der Waals surface area contributed by atoms with Gasteiger partial charge in [-0.15, -0.1) is 0 Å². The van der Waals surface area contributed by atoms with Gasteiger partial charge in [0.1, 0.15) is 5.69 Å². The van der Waals surface area contributed by atoms with Crippen LogP contribution in [0.15, 0.2) is 42.5 Å². The molecule has 1 aromatic rings. The van der Waals surface area contributed by atoms with Crippen molar-refractivity contribution in [2.75, 3.05) is 26.2 Å². The molecular formula is C18H22N2O6. The molecule has 140 valence electrons. The third-order valence-electron chi connectivity index (χ3n) is 3.97. The monoisotopic (exact) mass is 362 g/mol. The summed E-state index contributed by atoms with van der Waals surface area (Å²) >= 11 is 0. The zero-order chi connectivity index (χ0) is 19.9. The van der Waals surface area contributed by atoms with Crippen LogP contribution in [0.4, 0.5) is 11.4 Å². The number of carbonyl (C=O) groups is 2. The second kappa shape index (κ2) is 8.80. The minimum atomic E-state index is -1.30. The number of ether oxygens (including phenoxy) is 2. The van der Waals surface area contributed by atoms with Crippen LogP contribution in [0.2, 0.25) is 0 Å². The molecular weight excluding hydrogens is 340 g/mol. The lowest BCUT2D eigenvalue weighted by molar-refractivity contribution is -0.384. The van der Waals surface area contributed by atoms with E-state index < -0.39 is 22.4 Å². The maximum Gasteiger partial charge on any atom is 0.338 e. The molecule has 1 rings (SSSR count). The predicted molar refractivity (Wildman–Crippen MR) is 97.2 cm³/mol. The van der Waals surface area contributed by atoms with E-state index >= 15 is 0 Å². The zero-order valence-corrected chi connectivity index (χ0v) is 15.4. The number of carbonyl (C=O) groups excluding carboxylic acids is 2.